The fourth-order valence-corrected chi connectivity index (χ4v) is 2.22. The van der Waals surface area contributed by atoms with E-state index >= 15 is 0 Å². The molecular formula is C11H14ClNO3. The molecule has 2 atom stereocenters. The minimum atomic E-state index is -0.222. The van der Waals surface area contributed by atoms with Gasteiger partial charge in [-0.25, -0.2) is 0 Å². The largest absolute Gasteiger partial charge is 0.452 e. The summed E-state index contributed by atoms with van der Waals surface area (Å²) >= 11 is 5.69. The molecule has 1 aromatic rings. The Hall–Kier alpha value is -1.00. The van der Waals surface area contributed by atoms with Crippen LogP contribution in [-0.4, -0.2) is 23.7 Å². The van der Waals surface area contributed by atoms with E-state index in [4.69, 9.17) is 16.0 Å². The van der Waals surface area contributed by atoms with Crippen molar-refractivity contribution >= 4 is 17.5 Å². The van der Waals surface area contributed by atoms with E-state index in [0.717, 1.165) is 19.3 Å². The summed E-state index contributed by atoms with van der Waals surface area (Å²) < 4.78 is 4.84. The van der Waals surface area contributed by atoms with Gasteiger partial charge >= 0.3 is 0 Å². The van der Waals surface area contributed by atoms with E-state index < -0.39 is 0 Å². The summed E-state index contributed by atoms with van der Waals surface area (Å²) in [6.07, 6.45) is 3.73. The lowest BCUT2D eigenvalue weighted by atomic mass is 10.1. The first kappa shape index (κ1) is 11.5. The molecule has 1 heterocycles. The first-order chi connectivity index (χ1) is 7.66. The Bertz CT molecular complexity index is 377. The molecule has 1 aliphatic carbocycles. The number of rotatable bonds is 3. The van der Waals surface area contributed by atoms with Gasteiger partial charge in [-0.2, -0.15) is 0 Å². The minimum Gasteiger partial charge on any atom is -0.452 e. The van der Waals surface area contributed by atoms with Crippen molar-refractivity contribution in [2.75, 3.05) is 6.54 Å². The zero-order valence-electron chi connectivity index (χ0n) is 8.78. The summed E-state index contributed by atoms with van der Waals surface area (Å²) in [5.41, 5.74) is 0.361. The lowest BCUT2D eigenvalue weighted by Crippen LogP contribution is -2.28. The van der Waals surface area contributed by atoms with Gasteiger partial charge < -0.3 is 14.8 Å². The Kier molecular flexibility index (Phi) is 3.51. The molecular weight excluding hydrogens is 230 g/mol. The molecule has 4 nitrogen and oxygen atoms in total. The molecule has 2 unspecified atom stereocenters. The zero-order valence-corrected chi connectivity index (χ0v) is 9.54. The van der Waals surface area contributed by atoms with Crippen LogP contribution < -0.4 is 5.32 Å². The predicted molar refractivity (Wildman–Crippen MR) is 59.4 cm³/mol. The molecule has 0 saturated heterocycles. The summed E-state index contributed by atoms with van der Waals surface area (Å²) in [5, 5.41) is 12.3. The van der Waals surface area contributed by atoms with Crippen molar-refractivity contribution in [2.24, 2.45) is 5.92 Å². The number of carbonyl (C=O) groups is 1. The van der Waals surface area contributed by atoms with Crippen LogP contribution in [0.3, 0.4) is 0 Å². The van der Waals surface area contributed by atoms with Crippen LogP contribution in [0.25, 0.3) is 0 Å². The van der Waals surface area contributed by atoms with E-state index in [-0.39, 0.29) is 17.2 Å². The summed E-state index contributed by atoms with van der Waals surface area (Å²) in [6, 6.07) is 1.54. The molecule has 0 spiro atoms. The van der Waals surface area contributed by atoms with Crippen LogP contribution in [0.15, 0.2) is 16.7 Å². The van der Waals surface area contributed by atoms with Gasteiger partial charge in [0.2, 0.25) is 5.22 Å². The maximum Gasteiger partial charge on any atom is 0.256 e. The number of furan rings is 1. The zero-order chi connectivity index (χ0) is 11.5. The highest BCUT2D eigenvalue weighted by Crippen LogP contribution is 2.24. The highest BCUT2D eigenvalue weighted by molar-refractivity contribution is 6.32. The van der Waals surface area contributed by atoms with Crippen LogP contribution in [0.5, 0.6) is 0 Å². The summed E-state index contributed by atoms with van der Waals surface area (Å²) in [7, 11) is 0. The monoisotopic (exact) mass is 243 g/mol. The Morgan fingerprint density at radius 3 is 3.00 bits per heavy atom. The number of aliphatic hydroxyl groups is 1. The quantitative estimate of drug-likeness (QED) is 0.851. The van der Waals surface area contributed by atoms with Gasteiger partial charge in [0.1, 0.15) is 0 Å². The summed E-state index contributed by atoms with van der Waals surface area (Å²) in [5.74, 6) is 0.143. The SMILES string of the molecule is O=C(NCC1CCC(O)C1)c1ccoc1Cl. The summed E-state index contributed by atoms with van der Waals surface area (Å²) in [6.45, 7) is 0.581. The lowest BCUT2D eigenvalue weighted by Gasteiger charge is -2.10. The minimum absolute atomic E-state index is 0.115. The van der Waals surface area contributed by atoms with Crippen LogP contribution >= 0.6 is 11.6 Å². The third-order valence-corrected chi connectivity index (χ3v) is 3.22. The number of carbonyl (C=O) groups excluding carboxylic acids is 1. The Labute approximate surface area is 98.6 Å². The van der Waals surface area contributed by atoms with Crippen LogP contribution in [0.2, 0.25) is 5.22 Å². The van der Waals surface area contributed by atoms with Gasteiger partial charge in [0.15, 0.2) is 0 Å². The topological polar surface area (TPSA) is 62.5 Å². The second-order valence-electron chi connectivity index (χ2n) is 4.15. The van der Waals surface area contributed by atoms with E-state index in [2.05, 4.69) is 5.32 Å². The first-order valence-corrected chi connectivity index (χ1v) is 5.74. The molecule has 1 aromatic heterocycles. The summed E-state index contributed by atoms with van der Waals surface area (Å²) in [4.78, 5) is 11.6. The molecule has 1 saturated carbocycles. The average Bonchev–Trinajstić information content (AvgIpc) is 2.84. The second kappa shape index (κ2) is 4.89. The molecule has 0 bridgehead atoms. The molecule has 1 amide bonds. The average molecular weight is 244 g/mol. The Morgan fingerprint density at radius 2 is 2.44 bits per heavy atom. The maximum absolute atomic E-state index is 11.6. The normalized spacial score (nSPS) is 24.6. The van der Waals surface area contributed by atoms with Crippen molar-refractivity contribution in [3.05, 3.63) is 23.1 Å². The third kappa shape index (κ3) is 2.57. The molecule has 16 heavy (non-hydrogen) atoms. The number of halogens is 1. The smallest absolute Gasteiger partial charge is 0.256 e. The molecule has 0 aliphatic heterocycles. The van der Waals surface area contributed by atoms with E-state index in [9.17, 15) is 9.90 Å². The second-order valence-corrected chi connectivity index (χ2v) is 4.49. The van der Waals surface area contributed by atoms with Crippen LogP contribution in [0.1, 0.15) is 29.6 Å². The van der Waals surface area contributed by atoms with Crippen LogP contribution in [-0.2, 0) is 0 Å². The van der Waals surface area contributed by atoms with E-state index in [1.54, 1.807) is 6.07 Å². The van der Waals surface area contributed by atoms with E-state index in [1.807, 2.05) is 0 Å². The standard InChI is InChI=1S/C11H14ClNO3/c12-10-9(3-4-16-10)11(15)13-6-7-1-2-8(14)5-7/h3-4,7-8,14H,1-2,5-6H2,(H,13,15). The van der Waals surface area contributed by atoms with Crippen molar-refractivity contribution in [2.45, 2.75) is 25.4 Å². The number of aliphatic hydroxyl groups excluding tert-OH is 1. The number of hydrogen-bond donors (Lipinski definition) is 2. The van der Waals surface area contributed by atoms with Gasteiger partial charge in [0.25, 0.3) is 5.91 Å². The lowest BCUT2D eigenvalue weighted by molar-refractivity contribution is 0.0944. The van der Waals surface area contributed by atoms with Gasteiger partial charge in [0.05, 0.1) is 17.9 Å². The van der Waals surface area contributed by atoms with Crippen LogP contribution in [0.4, 0.5) is 0 Å². The van der Waals surface area contributed by atoms with Gasteiger partial charge in [-0.15, -0.1) is 0 Å². The van der Waals surface area contributed by atoms with Crippen molar-refractivity contribution < 1.29 is 14.3 Å². The van der Waals surface area contributed by atoms with E-state index in [0.29, 0.717) is 18.0 Å². The van der Waals surface area contributed by atoms with Crippen molar-refractivity contribution in [1.29, 1.82) is 0 Å². The molecule has 2 rings (SSSR count). The van der Waals surface area contributed by atoms with Gasteiger partial charge in [0, 0.05) is 6.54 Å². The first-order valence-electron chi connectivity index (χ1n) is 5.36. The molecule has 88 valence electrons. The number of amides is 1. The van der Waals surface area contributed by atoms with Crippen molar-refractivity contribution in [3.63, 3.8) is 0 Å². The fraction of sp³-hybridized carbons (Fsp3) is 0.545. The molecule has 0 aromatic carbocycles. The highest BCUT2D eigenvalue weighted by Gasteiger charge is 2.23. The molecule has 2 N–H and O–H groups in total. The van der Waals surface area contributed by atoms with Gasteiger partial charge in [-0.05, 0) is 42.8 Å². The predicted octanol–water partition coefficient (Wildman–Crippen LogP) is 1.82. The number of nitrogens with one attached hydrogen (secondary N) is 1. The number of hydrogen-bond acceptors (Lipinski definition) is 3. The fourth-order valence-electron chi connectivity index (χ4n) is 2.02. The molecule has 5 heteroatoms. The van der Waals surface area contributed by atoms with Crippen molar-refractivity contribution in [3.8, 4) is 0 Å². The Balaban J connectivity index is 1.82. The van der Waals surface area contributed by atoms with Gasteiger partial charge in [-0.1, -0.05) is 0 Å². The van der Waals surface area contributed by atoms with E-state index in [1.165, 1.54) is 6.26 Å². The third-order valence-electron chi connectivity index (χ3n) is 2.93. The maximum atomic E-state index is 11.6. The highest BCUT2D eigenvalue weighted by atomic mass is 35.5. The Morgan fingerprint density at radius 1 is 1.62 bits per heavy atom. The van der Waals surface area contributed by atoms with Crippen molar-refractivity contribution in [1.82, 2.24) is 5.32 Å². The molecule has 0 radical (unpaired) electrons. The molecule has 1 fully saturated rings. The molecule has 1 aliphatic rings. The van der Waals surface area contributed by atoms with Gasteiger partial charge in [-0.3, -0.25) is 4.79 Å². The van der Waals surface area contributed by atoms with Crippen LogP contribution in [0, 0.1) is 5.92 Å².